The van der Waals surface area contributed by atoms with E-state index in [9.17, 15) is 14.9 Å². The number of anilines is 1. The Morgan fingerprint density at radius 1 is 1.33 bits per heavy atom. The largest absolute Gasteiger partial charge is 0.321 e. The van der Waals surface area contributed by atoms with Crippen molar-refractivity contribution in [3.8, 4) is 6.07 Å². The molecule has 0 saturated carbocycles. The second-order valence-corrected chi connectivity index (χ2v) is 5.76. The molecule has 2 aliphatic carbocycles. The van der Waals surface area contributed by atoms with Gasteiger partial charge in [-0.05, 0) is 25.0 Å². The van der Waals surface area contributed by atoms with Crippen molar-refractivity contribution in [1.82, 2.24) is 0 Å². The highest BCUT2D eigenvalue weighted by Gasteiger charge is 2.43. The van der Waals surface area contributed by atoms with Gasteiger partial charge >= 0.3 is 0 Å². The zero-order valence-corrected chi connectivity index (χ0v) is 11.4. The van der Waals surface area contributed by atoms with E-state index in [-0.39, 0.29) is 17.6 Å². The lowest BCUT2D eigenvalue weighted by Gasteiger charge is -2.26. The van der Waals surface area contributed by atoms with E-state index >= 15 is 0 Å². The summed E-state index contributed by atoms with van der Waals surface area (Å²) >= 11 is 0. The number of nitrogens with zero attached hydrogens (tertiary/aromatic N) is 1. The molecule has 4 rings (SSSR count). The second kappa shape index (κ2) is 3.92. The van der Waals surface area contributed by atoms with Gasteiger partial charge in [-0.1, -0.05) is 23.8 Å². The third-order valence-electron chi connectivity index (χ3n) is 4.58. The highest BCUT2D eigenvalue weighted by atomic mass is 16.2. The molecule has 2 atom stereocenters. The highest BCUT2D eigenvalue weighted by Crippen LogP contribution is 2.48. The molecule has 3 aliphatic rings. The van der Waals surface area contributed by atoms with E-state index in [4.69, 9.17) is 0 Å². The van der Waals surface area contributed by atoms with Crippen molar-refractivity contribution >= 4 is 23.0 Å². The molecular weight excluding hydrogens is 264 g/mol. The summed E-state index contributed by atoms with van der Waals surface area (Å²) in [4.78, 5) is 24.9. The number of hydrogen-bond acceptors (Lipinski definition) is 3. The minimum absolute atomic E-state index is 0.0280. The second-order valence-electron chi connectivity index (χ2n) is 5.76. The molecule has 1 N–H and O–H groups in total. The Morgan fingerprint density at radius 3 is 2.90 bits per heavy atom. The van der Waals surface area contributed by atoms with Crippen molar-refractivity contribution in [3.63, 3.8) is 0 Å². The molecule has 1 amide bonds. The fraction of sp³-hybridized carbons (Fsp3) is 0.235. The fourth-order valence-corrected chi connectivity index (χ4v) is 3.63. The Morgan fingerprint density at radius 2 is 2.14 bits per heavy atom. The number of nitrogens with one attached hydrogen (secondary N) is 1. The van der Waals surface area contributed by atoms with Crippen LogP contribution >= 0.6 is 0 Å². The summed E-state index contributed by atoms with van der Waals surface area (Å²) in [6, 6.07) is 7.72. The first-order valence-electron chi connectivity index (χ1n) is 6.91. The standard InChI is InChI=1S/C17H12N2O2/c1-8-5-9-6-11-14-10(15(16(9)20)12(8)7-18)3-2-4-13(14)19-17(11)21/h2-4,6,9,15H,5H2,1H3,(H,19,21)/t9-,15-/m0/s1. The number of Topliss-reactive ketones (excluding diaryl/α,β-unsaturated/α-hetero) is 1. The van der Waals surface area contributed by atoms with Gasteiger partial charge in [-0.15, -0.1) is 0 Å². The molecule has 21 heavy (non-hydrogen) atoms. The minimum Gasteiger partial charge on any atom is -0.321 e. The first kappa shape index (κ1) is 12.1. The molecular formula is C17H12N2O2. The van der Waals surface area contributed by atoms with Gasteiger partial charge in [-0.2, -0.15) is 5.26 Å². The summed E-state index contributed by atoms with van der Waals surface area (Å²) in [7, 11) is 0. The number of carbonyl (C=O) groups excluding carboxylic acids is 2. The molecule has 1 heterocycles. The third-order valence-corrected chi connectivity index (χ3v) is 4.58. The number of benzene rings is 1. The fourth-order valence-electron chi connectivity index (χ4n) is 3.63. The Hall–Kier alpha value is -2.67. The zero-order chi connectivity index (χ0) is 14.7. The summed E-state index contributed by atoms with van der Waals surface area (Å²) in [5.74, 6) is -0.981. The van der Waals surface area contributed by atoms with E-state index in [2.05, 4.69) is 11.4 Å². The number of ketones is 1. The summed E-state index contributed by atoms with van der Waals surface area (Å²) < 4.78 is 0. The summed E-state index contributed by atoms with van der Waals surface area (Å²) in [6.07, 6.45) is 2.31. The van der Waals surface area contributed by atoms with Gasteiger partial charge in [0.25, 0.3) is 5.91 Å². The summed E-state index contributed by atoms with van der Waals surface area (Å²) in [5, 5.41) is 12.3. The number of carbonyl (C=O) groups is 2. The lowest BCUT2D eigenvalue weighted by molar-refractivity contribution is -0.122. The van der Waals surface area contributed by atoms with Crippen LogP contribution in [0.15, 0.2) is 35.4 Å². The molecule has 0 aromatic heterocycles. The van der Waals surface area contributed by atoms with Gasteiger partial charge < -0.3 is 5.32 Å². The minimum atomic E-state index is -0.537. The predicted molar refractivity (Wildman–Crippen MR) is 77.2 cm³/mol. The van der Waals surface area contributed by atoms with Crippen molar-refractivity contribution in [1.29, 1.82) is 5.26 Å². The van der Waals surface area contributed by atoms with E-state index < -0.39 is 5.92 Å². The summed E-state index contributed by atoms with van der Waals surface area (Å²) in [6.45, 7) is 1.90. The Kier molecular flexibility index (Phi) is 2.26. The average molecular weight is 276 g/mol. The quantitative estimate of drug-likeness (QED) is 0.791. The molecule has 0 spiro atoms. The van der Waals surface area contributed by atoms with Crippen molar-refractivity contribution in [2.24, 2.45) is 5.92 Å². The average Bonchev–Trinajstić information content (AvgIpc) is 2.74. The molecule has 0 radical (unpaired) electrons. The maximum atomic E-state index is 12.7. The Balaban J connectivity index is 2.09. The van der Waals surface area contributed by atoms with Crippen LogP contribution in [-0.2, 0) is 9.59 Å². The maximum absolute atomic E-state index is 12.7. The molecule has 1 aliphatic heterocycles. The van der Waals surface area contributed by atoms with Crippen LogP contribution < -0.4 is 5.32 Å². The van der Waals surface area contributed by atoms with Gasteiger partial charge in [0, 0.05) is 28.3 Å². The van der Waals surface area contributed by atoms with Gasteiger partial charge in [0.15, 0.2) is 5.78 Å². The molecule has 102 valence electrons. The monoisotopic (exact) mass is 276 g/mol. The number of hydrogen-bond donors (Lipinski definition) is 1. The van der Waals surface area contributed by atoms with Crippen molar-refractivity contribution in [3.05, 3.63) is 46.5 Å². The molecule has 0 saturated heterocycles. The van der Waals surface area contributed by atoms with Crippen molar-refractivity contribution < 1.29 is 9.59 Å². The zero-order valence-electron chi connectivity index (χ0n) is 11.4. The van der Waals surface area contributed by atoms with E-state index in [0.717, 1.165) is 22.4 Å². The van der Waals surface area contributed by atoms with Crippen LogP contribution in [0.4, 0.5) is 5.69 Å². The van der Waals surface area contributed by atoms with Gasteiger partial charge in [0.2, 0.25) is 0 Å². The first-order chi connectivity index (χ1) is 10.1. The van der Waals surface area contributed by atoms with Crippen LogP contribution in [0.2, 0.25) is 0 Å². The number of allylic oxidation sites excluding steroid dienone is 3. The Labute approximate surface area is 121 Å². The van der Waals surface area contributed by atoms with Crippen LogP contribution in [0.3, 0.4) is 0 Å². The maximum Gasteiger partial charge on any atom is 0.256 e. The van der Waals surface area contributed by atoms with E-state index in [1.54, 1.807) is 6.08 Å². The van der Waals surface area contributed by atoms with Gasteiger partial charge in [-0.25, -0.2) is 0 Å². The SMILES string of the molecule is CC1=C(C#N)[C@H]2C(=O)[C@H](C=C3C(=O)Nc4cccc2c43)C1. The van der Waals surface area contributed by atoms with Crippen LogP contribution in [0, 0.1) is 17.2 Å². The van der Waals surface area contributed by atoms with Crippen molar-refractivity contribution in [2.45, 2.75) is 19.3 Å². The van der Waals surface area contributed by atoms with Gasteiger partial charge in [0.05, 0.1) is 12.0 Å². The number of rotatable bonds is 0. The van der Waals surface area contributed by atoms with Crippen LogP contribution in [0.25, 0.3) is 5.57 Å². The number of amides is 1. The molecule has 4 heteroatoms. The lowest BCUT2D eigenvalue weighted by Crippen LogP contribution is -2.27. The third kappa shape index (κ3) is 1.43. The Bertz CT molecular complexity index is 824. The number of nitriles is 1. The van der Waals surface area contributed by atoms with Crippen LogP contribution in [-0.4, -0.2) is 11.7 Å². The van der Waals surface area contributed by atoms with Crippen LogP contribution in [0.5, 0.6) is 0 Å². The van der Waals surface area contributed by atoms with Crippen LogP contribution in [0.1, 0.15) is 30.4 Å². The summed E-state index contributed by atoms with van der Waals surface area (Å²) in [5.41, 5.74) is 4.37. The predicted octanol–water partition coefficient (Wildman–Crippen LogP) is 2.55. The molecule has 2 bridgehead atoms. The first-order valence-corrected chi connectivity index (χ1v) is 6.91. The normalized spacial score (nSPS) is 25.8. The number of fused-ring (bicyclic) bond motifs is 3. The molecule has 1 aromatic rings. The van der Waals surface area contributed by atoms with Gasteiger partial charge in [0.1, 0.15) is 0 Å². The van der Waals surface area contributed by atoms with E-state index in [0.29, 0.717) is 17.6 Å². The molecule has 1 aromatic carbocycles. The smallest absolute Gasteiger partial charge is 0.256 e. The van der Waals surface area contributed by atoms with E-state index in [1.165, 1.54) is 0 Å². The van der Waals surface area contributed by atoms with Gasteiger partial charge in [-0.3, -0.25) is 9.59 Å². The molecule has 0 fully saturated rings. The molecule has 0 unspecified atom stereocenters. The molecule has 4 nitrogen and oxygen atoms in total. The highest BCUT2D eigenvalue weighted by molar-refractivity contribution is 6.33. The van der Waals surface area contributed by atoms with Crippen molar-refractivity contribution in [2.75, 3.05) is 5.32 Å². The van der Waals surface area contributed by atoms with E-state index in [1.807, 2.05) is 25.1 Å². The topological polar surface area (TPSA) is 70.0 Å². The lowest BCUT2D eigenvalue weighted by atomic mass is 9.74.